The molecule has 0 spiro atoms. The van der Waals surface area contributed by atoms with Crippen LogP contribution in [0.2, 0.25) is 0 Å². The number of hydrogen-bond donors (Lipinski definition) is 1. The quantitative estimate of drug-likeness (QED) is 0.890. The highest BCUT2D eigenvalue weighted by molar-refractivity contribution is 5.86. The molecule has 1 amide bonds. The van der Waals surface area contributed by atoms with Gasteiger partial charge in [0.05, 0.1) is 29.1 Å². The van der Waals surface area contributed by atoms with E-state index >= 15 is 0 Å². The number of carbonyl (C=O) groups is 1. The molecule has 4 nitrogen and oxygen atoms in total. The minimum atomic E-state index is -0.718. The molecule has 3 rings (SSSR count). The summed E-state index contributed by atoms with van der Waals surface area (Å²) in [4.78, 5) is 14.5. The number of carbonyl (C=O) groups excluding carboxylic acids is 1. The Bertz CT molecular complexity index is 694. The van der Waals surface area contributed by atoms with E-state index in [4.69, 9.17) is 5.73 Å². The summed E-state index contributed by atoms with van der Waals surface area (Å²) >= 11 is 0. The molecule has 6 heteroatoms. The lowest BCUT2D eigenvalue weighted by atomic mass is 9.82. The predicted octanol–water partition coefficient (Wildman–Crippen LogP) is 3.02. The van der Waals surface area contributed by atoms with Gasteiger partial charge in [0.15, 0.2) is 0 Å². The Morgan fingerprint density at radius 3 is 2.71 bits per heavy atom. The first-order valence-electron chi connectivity index (χ1n) is 8.00. The number of aryl methyl sites for hydroxylation is 1. The summed E-state index contributed by atoms with van der Waals surface area (Å²) in [6, 6.07) is 6.40. The lowest BCUT2D eigenvalue weighted by Gasteiger charge is -2.40. The third kappa shape index (κ3) is 2.40. The molecule has 2 aliphatic heterocycles. The van der Waals surface area contributed by atoms with Crippen LogP contribution in [0.15, 0.2) is 18.2 Å². The molecule has 1 aromatic carbocycles. The Morgan fingerprint density at radius 1 is 1.46 bits per heavy atom. The summed E-state index contributed by atoms with van der Waals surface area (Å²) in [6.07, 6.45) is 1.74. The monoisotopic (exact) mass is 351 g/mol. The van der Waals surface area contributed by atoms with E-state index in [1.807, 2.05) is 26.8 Å². The van der Waals surface area contributed by atoms with Gasteiger partial charge in [0.2, 0.25) is 5.91 Å². The Kier molecular flexibility index (Phi) is 4.69. The maximum atomic E-state index is 14.7. The maximum absolute atomic E-state index is 14.7. The molecule has 0 unspecified atom stereocenters. The van der Waals surface area contributed by atoms with E-state index in [1.165, 1.54) is 6.07 Å². The summed E-state index contributed by atoms with van der Waals surface area (Å²) in [5.41, 5.74) is 6.02. The fraction of sp³-hybridized carbons (Fsp3) is 0.556. The van der Waals surface area contributed by atoms with E-state index in [0.717, 1.165) is 5.56 Å². The molecule has 2 heterocycles. The molecule has 24 heavy (non-hydrogen) atoms. The zero-order chi connectivity index (χ0) is 17.0. The van der Waals surface area contributed by atoms with Gasteiger partial charge in [0.25, 0.3) is 0 Å². The molecular formula is C18H23ClFN3O. The van der Waals surface area contributed by atoms with Crippen LogP contribution in [-0.4, -0.2) is 22.9 Å². The molecule has 0 aliphatic carbocycles. The van der Waals surface area contributed by atoms with Crippen LogP contribution in [0.3, 0.4) is 0 Å². The van der Waals surface area contributed by atoms with Crippen LogP contribution < -0.4 is 5.73 Å². The van der Waals surface area contributed by atoms with Gasteiger partial charge in [-0.25, -0.2) is 4.39 Å². The van der Waals surface area contributed by atoms with E-state index < -0.39 is 17.0 Å². The second-order valence-electron chi connectivity index (χ2n) is 7.37. The summed E-state index contributed by atoms with van der Waals surface area (Å²) in [7, 11) is 0. The van der Waals surface area contributed by atoms with Gasteiger partial charge in [-0.05, 0) is 51.7 Å². The van der Waals surface area contributed by atoms with Crippen LogP contribution in [0.25, 0.3) is 0 Å². The number of rotatable bonds is 2. The van der Waals surface area contributed by atoms with E-state index in [-0.39, 0.29) is 30.2 Å². The van der Waals surface area contributed by atoms with Gasteiger partial charge in [-0.1, -0.05) is 12.1 Å². The van der Waals surface area contributed by atoms with Crippen molar-refractivity contribution in [1.82, 2.24) is 4.90 Å². The molecule has 0 radical (unpaired) electrons. The first-order chi connectivity index (χ1) is 10.7. The molecule has 2 fully saturated rings. The number of amides is 1. The van der Waals surface area contributed by atoms with Crippen LogP contribution in [0.4, 0.5) is 4.39 Å². The Balaban J connectivity index is 0.00000208. The van der Waals surface area contributed by atoms with E-state index in [2.05, 4.69) is 6.07 Å². The molecule has 0 aromatic heterocycles. The van der Waals surface area contributed by atoms with Crippen molar-refractivity contribution in [2.24, 2.45) is 11.1 Å². The summed E-state index contributed by atoms with van der Waals surface area (Å²) in [5.74, 6) is -0.467. The van der Waals surface area contributed by atoms with Crippen LogP contribution in [0.5, 0.6) is 0 Å². The number of nitrogens with zero attached hydrogens (tertiary/aromatic N) is 2. The van der Waals surface area contributed by atoms with Crippen molar-refractivity contribution in [3.05, 3.63) is 35.1 Å². The first kappa shape index (κ1) is 18.7. The number of hydrogen-bond acceptors (Lipinski definition) is 3. The van der Waals surface area contributed by atoms with Crippen molar-refractivity contribution in [2.75, 3.05) is 0 Å². The minimum Gasteiger partial charge on any atom is -0.327 e. The van der Waals surface area contributed by atoms with E-state index in [9.17, 15) is 14.4 Å². The smallest absolute Gasteiger partial charge is 0.240 e. The van der Waals surface area contributed by atoms with Crippen molar-refractivity contribution in [1.29, 1.82) is 5.26 Å². The maximum Gasteiger partial charge on any atom is 0.240 e. The number of benzene rings is 1. The van der Waals surface area contributed by atoms with Gasteiger partial charge in [-0.2, -0.15) is 5.26 Å². The minimum absolute atomic E-state index is 0. The fourth-order valence-corrected chi connectivity index (χ4v) is 4.44. The van der Waals surface area contributed by atoms with Crippen LogP contribution >= 0.6 is 12.4 Å². The lowest BCUT2D eigenvalue weighted by Crippen LogP contribution is -2.49. The average molecular weight is 352 g/mol. The SMILES string of the molecule is Cc1cccc(F)c1[C@]12CC[C@H](C(C)(C)C#N)N1C(=O)[C@@H](N)C2.Cl. The highest BCUT2D eigenvalue weighted by Crippen LogP contribution is 2.54. The van der Waals surface area contributed by atoms with Gasteiger partial charge in [0.1, 0.15) is 5.82 Å². The Morgan fingerprint density at radius 2 is 2.12 bits per heavy atom. The standard InChI is InChI=1S/C18H22FN3O.ClH/c1-11-5-4-6-12(19)15(11)18-8-7-14(17(2,3)10-20)22(18)16(23)13(21)9-18;/h4-6,13-14H,7-9,21H2,1-3H3;1H/t13-,14+,18+;/m0./s1. The van der Waals surface area contributed by atoms with E-state index in [0.29, 0.717) is 24.8 Å². The second-order valence-corrected chi connectivity index (χ2v) is 7.37. The molecule has 2 N–H and O–H groups in total. The molecule has 0 saturated carbocycles. The molecule has 2 aliphatic rings. The average Bonchev–Trinajstić information content (AvgIpc) is 2.96. The highest BCUT2D eigenvalue weighted by Gasteiger charge is 2.60. The van der Waals surface area contributed by atoms with Crippen molar-refractivity contribution < 1.29 is 9.18 Å². The molecule has 0 bridgehead atoms. The van der Waals surface area contributed by atoms with Crippen molar-refractivity contribution in [2.45, 2.75) is 57.7 Å². The molecule has 1 aromatic rings. The topological polar surface area (TPSA) is 70.1 Å². The van der Waals surface area contributed by atoms with Crippen molar-refractivity contribution >= 4 is 18.3 Å². The number of nitrogens with two attached hydrogens (primary N) is 1. The lowest BCUT2D eigenvalue weighted by molar-refractivity contribution is -0.134. The van der Waals surface area contributed by atoms with Gasteiger partial charge >= 0.3 is 0 Å². The van der Waals surface area contributed by atoms with Crippen LogP contribution in [-0.2, 0) is 10.3 Å². The summed E-state index contributed by atoms with van der Waals surface area (Å²) in [5, 5.41) is 9.50. The van der Waals surface area contributed by atoms with Gasteiger partial charge in [-0.3, -0.25) is 4.79 Å². The van der Waals surface area contributed by atoms with Gasteiger partial charge < -0.3 is 10.6 Å². The normalized spacial score (nSPS) is 29.2. The van der Waals surface area contributed by atoms with Gasteiger partial charge in [-0.15, -0.1) is 12.4 Å². The highest BCUT2D eigenvalue weighted by atomic mass is 35.5. The molecule has 130 valence electrons. The number of nitriles is 1. The largest absolute Gasteiger partial charge is 0.327 e. The molecular weight excluding hydrogens is 329 g/mol. The second kappa shape index (κ2) is 6.02. The van der Waals surface area contributed by atoms with Gasteiger partial charge in [0, 0.05) is 5.56 Å². The number of fused-ring (bicyclic) bond motifs is 1. The van der Waals surface area contributed by atoms with Crippen LogP contribution in [0, 0.1) is 29.5 Å². The van der Waals surface area contributed by atoms with E-state index in [1.54, 1.807) is 11.0 Å². The third-order valence-electron chi connectivity index (χ3n) is 5.52. The third-order valence-corrected chi connectivity index (χ3v) is 5.52. The van der Waals surface area contributed by atoms with Crippen molar-refractivity contribution in [3.63, 3.8) is 0 Å². The number of halogens is 2. The zero-order valence-electron chi connectivity index (χ0n) is 14.2. The fourth-order valence-electron chi connectivity index (χ4n) is 4.44. The molecule has 3 atom stereocenters. The van der Waals surface area contributed by atoms with Crippen LogP contribution in [0.1, 0.15) is 44.2 Å². The zero-order valence-corrected chi connectivity index (χ0v) is 15.0. The summed E-state index contributed by atoms with van der Waals surface area (Å²) < 4.78 is 14.7. The predicted molar refractivity (Wildman–Crippen MR) is 91.9 cm³/mol. The first-order valence-corrected chi connectivity index (χ1v) is 8.00. The molecule has 2 saturated heterocycles. The van der Waals surface area contributed by atoms with Crippen molar-refractivity contribution in [3.8, 4) is 6.07 Å². The Labute approximate surface area is 148 Å². The Hall–Kier alpha value is -1.64. The summed E-state index contributed by atoms with van der Waals surface area (Å²) in [6.45, 7) is 5.53.